The van der Waals surface area contributed by atoms with E-state index in [1.807, 2.05) is 6.07 Å². The maximum absolute atomic E-state index is 13.8. The lowest BCUT2D eigenvalue weighted by Gasteiger charge is -2.10. The Morgan fingerprint density at radius 3 is 2.69 bits per heavy atom. The minimum absolute atomic E-state index is 0.0965. The molecule has 9 heteroatoms. The zero-order valence-electron chi connectivity index (χ0n) is 17.2. The van der Waals surface area contributed by atoms with Gasteiger partial charge >= 0.3 is 5.97 Å². The van der Waals surface area contributed by atoms with Crippen LogP contribution in [-0.4, -0.2) is 28.3 Å². The lowest BCUT2D eigenvalue weighted by Crippen LogP contribution is -2.25. The molecule has 0 fully saturated rings. The first kappa shape index (κ1) is 21.4. The fraction of sp³-hybridized carbons (Fsp3) is 0.130. The standard InChI is InChI=1S/C23H18FN3O4S/c1-3-31-23(30)19-17-12-32-21(25-20(28)16-10-5-4-7-13(16)2)18(17)22(29)27(26-19)15-9-6-8-14(24)11-15/h4-12H,3H2,1-2H3,(H,25,28). The third-order valence-electron chi connectivity index (χ3n) is 4.79. The average molecular weight is 451 g/mol. The van der Waals surface area contributed by atoms with Gasteiger partial charge in [-0.15, -0.1) is 11.3 Å². The molecule has 2 aromatic carbocycles. The van der Waals surface area contributed by atoms with Crippen LogP contribution in [0.4, 0.5) is 9.39 Å². The molecule has 0 unspecified atom stereocenters. The number of fused-ring (bicyclic) bond motifs is 1. The Bertz CT molecular complexity index is 1410. The third kappa shape index (κ3) is 3.90. The van der Waals surface area contributed by atoms with E-state index in [9.17, 15) is 18.8 Å². The maximum atomic E-state index is 13.8. The molecule has 0 aliphatic rings. The second-order valence-electron chi connectivity index (χ2n) is 6.89. The van der Waals surface area contributed by atoms with E-state index in [2.05, 4.69) is 10.4 Å². The molecule has 4 rings (SSSR count). The highest BCUT2D eigenvalue weighted by atomic mass is 32.1. The van der Waals surface area contributed by atoms with Gasteiger partial charge in [0.05, 0.1) is 17.7 Å². The molecule has 0 bridgehead atoms. The first-order valence-corrected chi connectivity index (χ1v) is 10.6. The summed E-state index contributed by atoms with van der Waals surface area (Å²) in [4.78, 5) is 38.7. The van der Waals surface area contributed by atoms with Gasteiger partial charge in [-0.3, -0.25) is 9.59 Å². The minimum atomic E-state index is -0.725. The molecule has 1 N–H and O–H groups in total. The van der Waals surface area contributed by atoms with E-state index >= 15 is 0 Å². The van der Waals surface area contributed by atoms with Gasteiger partial charge in [-0.25, -0.2) is 9.18 Å². The number of carbonyl (C=O) groups is 2. The smallest absolute Gasteiger partial charge is 0.359 e. The summed E-state index contributed by atoms with van der Waals surface area (Å²) in [6, 6.07) is 12.3. The van der Waals surface area contributed by atoms with Crippen molar-refractivity contribution in [2.45, 2.75) is 13.8 Å². The SMILES string of the molecule is CCOC(=O)c1nn(-c2cccc(F)c2)c(=O)c2c(NC(=O)c3ccccc3C)scc12. The molecule has 162 valence electrons. The summed E-state index contributed by atoms with van der Waals surface area (Å²) in [6.45, 7) is 3.57. The van der Waals surface area contributed by atoms with E-state index in [-0.39, 0.29) is 33.8 Å². The Morgan fingerprint density at radius 1 is 1.19 bits per heavy atom. The first-order valence-electron chi connectivity index (χ1n) is 9.75. The molecule has 2 aromatic heterocycles. The number of benzene rings is 2. The zero-order chi connectivity index (χ0) is 22.8. The molecule has 2 heterocycles. The molecule has 4 aromatic rings. The lowest BCUT2D eigenvalue weighted by molar-refractivity contribution is 0.0520. The summed E-state index contributed by atoms with van der Waals surface area (Å²) in [6.07, 6.45) is 0. The predicted octanol–water partition coefficient (Wildman–Crippen LogP) is 4.32. The van der Waals surface area contributed by atoms with Crippen LogP contribution >= 0.6 is 11.3 Å². The highest BCUT2D eigenvalue weighted by Gasteiger charge is 2.23. The number of ether oxygens (including phenoxy) is 1. The van der Waals surface area contributed by atoms with Crippen molar-refractivity contribution in [2.24, 2.45) is 0 Å². The van der Waals surface area contributed by atoms with Crippen molar-refractivity contribution in [1.29, 1.82) is 0 Å². The summed E-state index contributed by atoms with van der Waals surface area (Å²) in [5.74, 6) is -1.68. The number of carbonyl (C=O) groups excluding carboxylic acids is 2. The number of esters is 1. The quantitative estimate of drug-likeness (QED) is 0.457. The van der Waals surface area contributed by atoms with Gasteiger partial charge in [-0.2, -0.15) is 9.78 Å². The van der Waals surface area contributed by atoms with Crippen molar-refractivity contribution in [1.82, 2.24) is 9.78 Å². The Labute approximate surface area is 186 Å². The van der Waals surface area contributed by atoms with Gasteiger partial charge in [0.15, 0.2) is 5.69 Å². The molecule has 1 amide bonds. The summed E-state index contributed by atoms with van der Waals surface area (Å²) in [5, 5.41) is 9.10. The van der Waals surface area contributed by atoms with Gasteiger partial charge in [0.2, 0.25) is 0 Å². The van der Waals surface area contributed by atoms with Crippen LogP contribution in [0.1, 0.15) is 33.3 Å². The number of halogens is 1. The molecule has 0 saturated carbocycles. The fourth-order valence-electron chi connectivity index (χ4n) is 3.27. The Kier molecular flexibility index (Phi) is 5.83. The molecule has 0 radical (unpaired) electrons. The van der Waals surface area contributed by atoms with E-state index in [1.54, 1.807) is 37.4 Å². The number of aromatic nitrogens is 2. The van der Waals surface area contributed by atoms with Crippen molar-refractivity contribution in [3.05, 3.63) is 86.9 Å². The molecule has 32 heavy (non-hydrogen) atoms. The second kappa shape index (κ2) is 8.72. The maximum Gasteiger partial charge on any atom is 0.359 e. The Morgan fingerprint density at radius 2 is 1.97 bits per heavy atom. The molecule has 7 nitrogen and oxygen atoms in total. The van der Waals surface area contributed by atoms with Crippen LogP contribution in [0, 0.1) is 12.7 Å². The van der Waals surface area contributed by atoms with E-state index in [4.69, 9.17) is 4.74 Å². The van der Waals surface area contributed by atoms with Gasteiger partial charge < -0.3 is 10.1 Å². The average Bonchev–Trinajstić information content (AvgIpc) is 3.18. The molecule has 0 atom stereocenters. The number of nitrogens with one attached hydrogen (secondary N) is 1. The molecular formula is C23H18FN3O4S. The number of thiophene rings is 1. The van der Waals surface area contributed by atoms with Gasteiger partial charge in [-0.1, -0.05) is 24.3 Å². The van der Waals surface area contributed by atoms with Crippen LogP contribution in [0.25, 0.3) is 16.5 Å². The summed E-state index contributed by atoms with van der Waals surface area (Å²) in [5.41, 5.74) is 0.680. The number of aryl methyl sites for hydroxylation is 1. The van der Waals surface area contributed by atoms with Crippen LogP contribution in [0.3, 0.4) is 0 Å². The lowest BCUT2D eigenvalue weighted by atomic mass is 10.1. The number of hydrogen-bond donors (Lipinski definition) is 1. The van der Waals surface area contributed by atoms with Crippen LogP contribution in [-0.2, 0) is 4.74 Å². The first-order chi connectivity index (χ1) is 15.4. The Hall–Kier alpha value is -3.85. The van der Waals surface area contributed by atoms with Crippen molar-refractivity contribution in [3.63, 3.8) is 0 Å². The Balaban J connectivity index is 1.91. The minimum Gasteiger partial charge on any atom is -0.461 e. The predicted molar refractivity (Wildman–Crippen MR) is 120 cm³/mol. The second-order valence-corrected chi connectivity index (χ2v) is 7.77. The van der Waals surface area contributed by atoms with E-state index in [1.165, 1.54) is 18.2 Å². The molecule has 0 aliphatic heterocycles. The van der Waals surface area contributed by atoms with Crippen LogP contribution in [0.5, 0.6) is 0 Å². The van der Waals surface area contributed by atoms with E-state index in [0.29, 0.717) is 5.56 Å². The van der Waals surface area contributed by atoms with Crippen molar-refractivity contribution in [3.8, 4) is 5.69 Å². The van der Waals surface area contributed by atoms with Crippen molar-refractivity contribution < 1.29 is 18.7 Å². The van der Waals surface area contributed by atoms with Gasteiger partial charge in [0, 0.05) is 16.3 Å². The van der Waals surface area contributed by atoms with Crippen molar-refractivity contribution >= 4 is 39.0 Å². The normalized spacial score (nSPS) is 10.8. The number of hydrogen-bond acceptors (Lipinski definition) is 6. The van der Waals surface area contributed by atoms with Crippen molar-refractivity contribution in [2.75, 3.05) is 11.9 Å². The summed E-state index contributed by atoms with van der Waals surface area (Å²) < 4.78 is 19.8. The highest BCUT2D eigenvalue weighted by molar-refractivity contribution is 7.16. The molecule has 0 saturated heterocycles. The monoisotopic (exact) mass is 451 g/mol. The van der Waals surface area contributed by atoms with Gasteiger partial charge in [0.25, 0.3) is 11.5 Å². The zero-order valence-corrected chi connectivity index (χ0v) is 18.0. The third-order valence-corrected chi connectivity index (χ3v) is 5.69. The molecule has 0 aliphatic carbocycles. The van der Waals surface area contributed by atoms with Gasteiger partial charge in [-0.05, 0) is 43.7 Å². The van der Waals surface area contributed by atoms with E-state index in [0.717, 1.165) is 27.6 Å². The summed E-state index contributed by atoms with van der Waals surface area (Å²) in [7, 11) is 0. The number of anilines is 1. The molecule has 0 spiro atoms. The van der Waals surface area contributed by atoms with Crippen LogP contribution in [0.2, 0.25) is 0 Å². The number of nitrogens with zero attached hydrogens (tertiary/aromatic N) is 2. The topological polar surface area (TPSA) is 90.3 Å². The van der Waals surface area contributed by atoms with Crippen LogP contribution < -0.4 is 10.9 Å². The largest absolute Gasteiger partial charge is 0.461 e. The number of rotatable bonds is 5. The van der Waals surface area contributed by atoms with Gasteiger partial charge in [0.1, 0.15) is 10.8 Å². The highest BCUT2D eigenvalue weighted by Crippen LogP contribution is 2.31. The van der Waals surface area contributed by atoms with Crippen LogP contribution in [0.15, 0.2) is 58.7 Å². The van der Waals surface area contributed by atoms with E-state index < -0.39 is 23.3 Å². The number of amides is 1. The fourth-order valence-corrected chi connectivity index (χ4v) is 4.20. The molecular weight excluding hydrogens is 433 g/mol. The summed E-state index contributed by atoms with van der Waals surface area (Å²) >= 11 is 1.10.